The van der Waals surface area contributed by atoms with E-state index in [1.807, 2.05) is 62.5 Å². The van der Waals surface area contributed by atoms with Gasteiger partial charge in [0.25, 0.3) is 0 Å². The number of carbonyl (C=O) groups excluding carboxylic acids is 1. The Balaban J connectivity index is 1.42. The molecule has 5 nitrogen and oxygen atoms in total. The van der Waals surface area contributed by atoms with Gasteiger partial charge in [-0.1, -0.05) is 36.4 Å². The lowest BCUT2D eigenvalue weighted by atomic mass is 10.1. The summed E-state index contributed by atoms with van der Waals surface area (Å²) in [5.74, 6) is 0.996. The molecule has 28 heavy (non-hydrogen) atoms. The Morgan fingerprint density at radius 1 is 1.07 bits per heavy atom. The molecule has 0 spiro atoms. The number of carbonyl (C=O) groups is 1. The van der Waals surface area contributed by atoms with Crippen LogP contribution in [0.5, 0.6) is 5.75 Å². The summed E-state index contributed by atoms with van der Waals surface area (Å²) in [6.07, 6.45) is 0. The Labute approximate surface area is 165 Å². The number of benzene rings is 2. The minimum absolute atomic E-state index is 0.0875. The maximum absolute atomic E-state index is 12.1. The van der Waals surface area contributed by atoms with E-state index in [1.165, 1.54) is 0 Å². The minimum Gasteiger partial charge on any atom is -0.492 e. The van der Waals surface area contributed by atoms with Crippen LogP contribution in [-0.2, 0) is 4.79 Å². The third-order valence-corrected chi connectivity index (χ3v) is 5.38. The molecule has 0 aliphatic carbocycles. The number of pyridine rings is 1. The second kappa shape index (κ2) is 7.98. The summed E-state index contributed by atoms with van der Waals surface area (Å²) in [6, 6.07) is 20.2. The Bertz CT molecular complexity index is 988. The van der Waals surface area contributed by atoms with Crippen molar-refractivity contribution in [3.63, 3.8) is 0 Å². The largest absolute Gasteiger partial charge is 0.492 e. The first-order chi connectivity index (χ1) is 13.6. The fourth-order valence-electron chi connectivity index (χ4n) is 3.62. The molecule has 3 aromatic rings. The number of rotatable bonds is 5. The van der Waals surface area contributed by atoms with Gasteiger partial charge in [-0.05, 0) is 31.2 Å². The van der Waals surface area contributed by atoms with E-state index >= 15 is 0 Å². The molecule has 2 aromatic carbocycles. The molecule has 1 aliphatic heterocycles. The van der Waals surface area contributed by atoms with Crippen molar-refractivity contribution in [3.8, 4) is 17.0 Å². The first-order valence-electron chi connectivity index (χ1n) is 9.70. The predicted molar refractivity (Wildman–Crippen MR) is 111 cm³/mol. The number of piperazine rings is 1. The van der Waals surface area contributed by atoms with Crippen LogP contribution < -0.4 is 4.74 Å². The summed E-state index contributed by atoms with van der Waals surface area (Å²) < 4.78 is 5.97. The van der Waals surface area contributed by atoms with Gasteiger partial charge in [0.05, 0.1) is 17.3 Å². The lowest BCUT2D eigenvalue weighted by Gasteiger charge is -2.37. The maximum atomic E-state index is 12.1. The number of nitrogens with zero attached hydrogens (tertiary/aromatic N) is 3. The van der Waals surface area contributed by atoms with Crippen LogP contribution in [-0.4, -0.2) is 60.0 Å². The van der Waals surface area contributed by atoms with Gasteiger partial charge in [0, 0.05) is 37.6 Å². The van der Waals surface area contributed by atoms with Gasteiger partial charge in [-0.3, -0.25) is 9.69 Å². The molecule has 4 rings (SSSR count). The molecule has 1 amide bonds. The van der Waals surface area contributed by atoms with Crippen LogP contribution in [0.25, 0.3) is 22.2 Å². The first-order valence-corrected chi connectivity index (χ1v) is 9.70. The van der Waals surface area contributed by atoms with Crippen molar-refractivity contribution in [2.45, 2.75) is 13.0 Å². The van der Waals surface area contributed by atoms with Crippen LogP contribution in [0.15, 0.2) is 60.7 Å². The Morgan fingerprint density at radius 2 is 1.93 bits per heavy atom. The maximum Gasteiger partial charge on any atom is 0.239 e. The van der Waals surface area contributed by atoms with Crippen molar-refractivity contribution in [2.75, 3.05) is 33.3 Å². The quantitative estimate of drug-likeness (QED) is 0.685. The molecule has 1 saturated heterocycles. The summed E-state index contributed by atoms with van der Waals surface area (Å²) in [5, 5.41) is 1.13. The second-order valence-electron chi connectivity index (χ2n) is 7.24. The standard InChI is InChI=1S/C23H25N3O2/c1-17-23(27)25(2)12-13-26(17)14-15-28-20-8-5-7-19(16-20)22-11-10-18-6-3-4-9-21(18)24-22/h3-11,16-17H,12-15H2,1-2H3/t17-/m0/s1. The Kier molecular flexibility index (Phi) is 5.26. The third-order valence-electron chi connectivity index (χ3n) is 5.38. The second-order valence-corrected chi connectivity index (χ2v) is 7.24. The minimum atomic E-state index is -0.0875. The summed E-state index contributed by atoms with van der Waals surface area (Å²) in [4.78, 5) is 20.8. The number of amides is 1. The molecule has 0 unspecified atom stereocenters. The number of ether oxygens (including phenoxy) is 1. The zero-order valence-corrected chi connectivity index (χ0v) is 16.3. The van der Waals surface area contributed by atoms with Crippen LogP contribution >= 0.6 is 0 Å². The van der Waals surface area contributed by atoms with Crippen molar-refractivity contribution < 1.29 is 9.53 Å². The highest BCUT2D eigenvalue weighted by Gasteiger charge is 2.28. The van der Waals surface area contributed by atoms with Gasteiger partial charge >= 0.3 is 0 Å². The van der Waals surface area contributed by atoms with E-state index in [9.17, 15) is 4.79 Å². The molecular weight excluding hydrogens is 350 g/mol. The van der Waals surface area contributed by atoms with Crippen LogP contribution in [0.1, 0.15) is 6.92 Å². The molecule has 5 heteroatoms. The van der Waals surface area contributed by atoms with Gasteiger partial charge in [0.1, 0.15) is 12.4 Å². The van der Waals surface area contributed by atoms with Gasteiger partial charge in [-0.2, -0.15) is 0 Å². The van der Waals surface area contributed by atoms with E-state index in [-0.39, 0.29) is 11.9 Å². The van der Waals surface area contributed by atoms with Gasteiger partial charge in [0.2, 0.25) is 5.91 Å². The predicted octanol–water partition coefficient (Wildman–Crippen LogP) is 3.44. The smallest absolute Gasteiger partial charge is 0.239 e. The molecule has 1 atom stereocenters. The molecular formula is C23H25N3O2. The molecule has 1 aliphatic rings. The number of para-hydroxylation sites is 1. The molecule has 1 aromatic heterocycles. The first kappa shape index (κ1) is 18.4. The molecule has 0 N–H and O–H groups in total. The fourth-order valence-corrected chi connectivity index (χ4v) is 3.62. The van der Waals surface area contributed by atoms with Gasteiger partial charge < -0.3 is 9.64 Å². The number of hydrogen-bond donors (Lipinski definition) is 0. The average molecular weight is 375 g/mol. The molecule has 144 valence electrons. The Hall–Kier alpha value is -2.92. The zero-order valence-electron chi connectivity index (χ0n) is 16.3. The zero-order chi connectivity index (χ0) is 19.5. The summed E-state index contributed by atoms with van der Waals surface area (Å²) in [7, 11) is 1.86. The molecule has 0 saturated carbocycles. The monoisotopic (exact) mass is 375 g/mol. The molecule has 1 fully saturated rings. The molecule has 2 heterocycles. The van der Waals surface area contributed by atoms with E-state index in [0.29, 0.717) is 6.61 Å². The summed E-state index contributed by atoms with van der Waals surface area (Å²) in [5.41, 5.74) is 2.95. The number of aromatic nitrogens is 1. The highest BCUT2D eigenvalue weighted by atomic mass is 16.5. The average Bonchev–Trinajstić information content (AvgIpc) is 2.73. The van der Waals surface area contributed by atoms with E-state index in [0.717, 1.165) is 47.5 Å². The van der Waals surface area contributed by atoms with E-state index in [2.05, 4.69) is 17.0 Å². The number of hydrogen-bond acceptors (Lipinski definition) is 4. The molecule has 0 radical (unpaired) electrons. The highest BCUT2D eigenvalue weighted by Crippen LogP contribution is 2.24. The van der Waals surface area contributed by atoms with E-state index < -0.39 is 0 Å². The van der Waals surface area contributed by atoms with Gasteiger partial charge in [0.15, 0.2) is 0 Å². The normalized spacial score (nSPS) is 17.9. The van der Waals surface area contributed by atoms with Crippen LogP contribution in [0.3, 0.4) is 0 Å². The third kappa shape index (κ3) is 3.85. The summed E-state index contributed by atoms with van der Waals surface area (Å²) >= 11 is 0. The lowest BCUT2D eigenvalue weighted by molar-refractivity contribution is -0.139. The highest BCUT2D eigenvalue weighted by molar-refractivity contribution is 5.82. The van der Waals surface area contributed by atoms with E-state index in [4.69, 9.17) is 9.72 Å². The Morgan fingerprint density at radius 3 is 2.82 bits per heavy atom. The van der Waals surface area contributed by atoms with Gasteiger partial charge in [-0.25, -0.2) is 4.98 Å². The topological polar surface area (TPSA) is 45.7 Å². The molecule has 0 bridgehead atoms. The van der Waals surface area contributed by atoms with Crippen molar-refractivity contribution >= 4 is 16.8 Å². The van der Waals surface area contributed by atoms with Crippen molar-refractivity contribution in [1.82, 2.24) is 14.8 Å². The van der Waals surface area contributed by atoms with Crippen molar-refractivity contribution in [2.24, 2.45) is 0 Å². The van der Waals surface area contributed by atoms with Crippen LogP contribution in [0.4, 0.5) is 0 Å². The SMILES string of the molecule is C[C@H]1C(=O)N(C)CCN1CCOc1cccc(-c2ccc3ccccc3n2)c1. The van der Waals surface area contributed by atoms with Gasteiger partial charge in [-0.15, -0.1) is 0 Å². The van der Waals surface area contributed by atoms with Crippen molar-refractivity contribution in [1.29, 1.82) is 0 Å². The van der Waals surface area contributed by atoms with Crippen LogP contribution in [0.2, 0.25) is 0 Å². The fraction of sp³-hybridized carbons (Fsp3) is 0.304. The lowest BCUT2D eigenvalue weighted by Crippen LogP contribution is -2.55. The number of fused-ring (bicyclic) bond motifs is 1. The van der Waals surface area contributed by atoms with Crippen LogP contribution in [0, 0.1) is 0 Å². The van der Waals surface area contributed by atoms with E-state index in [1.54, 1.807) is 4.90 Å². The number of likely N-dealkylation sites (N-methyl/N-ethyl adjacent to an activating group) is 1. The van der Waals surface area contributed by atoms with Crippen molar-refractivity contribution in [3.05, 3.63) is 60.7 Å². The summed E-state index contributed by atoms with van der Waals surface area (Å²) in [6.45, 7) is 4.90.